The van der Waals surface area contributed by atoms with E-state index in [0.717, 1.165) is 25.7 Å². The zero-order valence-corrected chi connectivity index (χ0v) is 16.1. The fourth-order valence-electron chi connectivity index (χ4n) is 3.01. The van der Waals surface area contributed by atoms with Gasteiger partial charge in [0, 0.05) is 24.7 Å². The Hall–Kier alpha value is -1.60. The van der Waals surface area contributed by atoms with E-state index in [9.17, 15) is 13.2 Å². The Balaban J connectivity index is 2.34. The number of ether oxygens (including phenoxy) is 1. The van der Waals surface area contributed by atoms with Crippen LogP contribution in [0.1, 0.15) is 56.8 Å². The van der Waals surface area contributed by atoms with Gasteiger partial charge in [0.25, 0.3) is 5.91 Å². The number of rotatable bonds is 8. The summed E-state index contributed by atoms with van der Waals surface area (Å²) in [7, 11) is -3.66. The lowest BCUT2D eigenvalue weighted by molar-refractivity contribution is 0.0938. The van der Waals surface area contributed by atoms with Gasteiger partial charge < -0.3 is 10.1 Å². The van der Waals surface area contributed by atoms with Crippen LogP contribution in [0.2, 0.25) is 0 Å². The zero-order valence-electron chi connectivity index (χ0n) is 15.2. The van der Waals surface area contributed by atoms with E-state index in [1.165, 1.54) is 10.4 Å². The minimum absolute atomic E-state index is 0.0442. The molecule has 1 aliphatic heterocycles. The first-order valence-corrected chi connectivity index (χ1v) is 10.4. The fourth-order valence-corrected chi connectivity index (χ4v) is 4.68. The molecule has 1 amide bonds. The summed E-state index contributed by atoms with van der Waals surface area (Å²) < 4.78 is 32.9. The lowest BCUT2D eigenvalue weighted by Crippen LogP contribution is -2.33. The molecule has 0 spiro atoms. The summed E-state index contributed by atoms with van der Waals surface area (Å²) in [6.45, 7) is 7.19. The smallest absolute Gasteiger partial charge is 0.251 e. The molecule has 1 saturated heterocycles. The van der Waals surface area contributed by atoms with Crippen LogP contribution < -0.4 is 10.1 Å². The van der Waals surface area contributed by atoms with Crippen molar-refractivity contribution in [1.29, 1.82) is 0 Å². The normalized spacial score (nSPS) is 16.6. The van der Waals surface area contributed by atoms with Crippen LogP contribution in [0.25, 0.3) is 0 Å². The van der Waals surface area contributed by atoms with E-state index in [0.29, 0.717) is 31.0 Å². The number of amides is 1. The minimum atomic E-state index is -3.66. The number of hydrogen-bond acceptors (Lipinski definition) is 4. The van der Waals surface area contributed by atoms with Gasteiger partial charge in [0.05, 0.1) is 6.61 Å². The quantitative estimate of drug-likeness (QED) is 0.765. The highest BCUT2D eigenvalue weighted by molar-refractivity contribution is 7.89. The second-order valence-electron chi connectivity index (χ2n) is 6.37. The molecule has 0 unspecified atom stereocenters. The Bertz CT molecular complexity index is 697. The number of sulfonamides is 1. The first-order chi connectivity index (χ1) is 11.9. The van der Waals surface area contributed by atoms with Crippen molar-refractivity contribution in [2.75, 3.05) is 19.7 Å². The van der Waals surface area contributed by atoms with Crippen LogP contribution in [0.15, 0.2) is 23.1 Å². The molecule has 0 aliphatic carbocycles. The zero-order chi connectivity index (χ0) is 18.4. The minimum Gasteiger partial charge on any atom is -0.492 e. The van der Waals surface area contributed by atoms with Gasteiger partial charge in [-0.05, 0) is 51.3 Å². The Morgan fingerprint density at radius 1 is 1.28 bits per heavy atom. The summed E-state index contributed by atoms with van der Waals surface area (Å²) in [4.78, 5) is 12.5. The average molecular weight is 368 g/mol. The molecule has 1 aromatic carbocycles. The Labute approximate surface area is 150 Å². The standard InChI is InChI=1S/C18H28N2O4S/c1-4-8-14(3)19-18(21)15-9-10-16(24-5-2)17(13-15)25(22,23)20-11-6-7-12-20/h9-10,13-14H,4-8,11-12H2,1-3H3,(H,19,21)/t14-/m0/s1. The molecule has 2 rings (SSSR count). The maximum atomic E-state index is 12.9. The average Bonchev–Trinajstić information content (AvgIpc) is 3.10. The Morgan fingerprint density at radius 3 is 2.56 bits per heavy atom. The predicted octanol–water partition coefficient (Wildman–Crippen LogP) is 2.79. The molecule has 0 aromatic heterocycles. The van der Waals surface area contributed by atoms with Gasteiger partial charge in [-0.1, -0.05) is 13.3 Å². The summed E-state index contributed by atoms with van der Waals surface area (Å²) in [5, 5.41) is 2.91. The van der Waals surface area contributed by atoms with Crippen molar-refractivity contribution in [2.45, 2.75) is 57.4 Å². The van der Waals surface area contributed by atoms with Crippen LogP contribution >= 0.6 is 0 Å². The third-order valence-corrected chi connectivity index (χ3v) is 6.21. The van der Waals surface area contributed by atoms with Crippen LogP contribution in [-0.2, 0) is 10.0 Å². The molecule has 25 heavy (non-hydrogen) atoms. The van der Waals surface area contributed by atoms with E-state index in [-0.39, 0.29) is 16.8 Å². The topological polar surface area (TPSA) is 75.7 Å². The van der Waals surface area contributed by atoms with E-state index in [1.807, 2.05) is 6.92 Å². The van der Waals surface area contributed by atoms with Crippen LogP contribution in [0.5, 0.6) is 5.75 Å². The number of nitrogens with one attached hydrogen (secondary N) is 1. The van der Waals surface area contributed by atoms with Gasteiger partial charge >= 0.3 is 0 Å². The summed E-state index contributed by atoms with van der Waals surface area (Å²) in [6, 6.07) is 4.67. The molecular weight excluding hydrogens is 340 g/mol. The van der Waals surface area contributed by atoms with Gasteiger partial charge in [0.1, 0.15) is 10.6 Å². The summed E-state index contributed by atoms with van der Waals surface area (Å²) >= 11 is 0. The highest BCUT2D eigenvalue weighted by atomic mass is 32.2. The Kier molecular flexibility index (Phi) is 6.84. The number of carbonyl (C=O) groups excluding carboxylic acids is 1. The molecule has 140 valence electrons. The van der Waals surface area contributed by atoms with Crippen LogP contribution in [0, 0.1) is 0 Å². The van der Waals surface area contributed by atoms with Gasteiger partial charge in [0.2, 0.25) is 10.0 Å². The van der Waals surface area contributed by atoms with Crippen molar-refractivity contribution in [3.8, 4) is 5.75 Å². The molecule has 7 heteroatoms. The largest absolute Gasteiger partial charge is 0.492 e. The van der Waals surface area contributed by atoms with E-state index in [4.69, 9.17) is 4.74 Å². The van der Waals surface area contributed by atoms with Crippen LogP contribution in [0.3, 0.4) is 0 Å². The van der Waals surface area contributed by atoms with E-state index in [1.54, 1.807) is 19.1 Å². The molecule has 1 N–H and O–H groups in total. The molecule has 0 saturated carbocycles. The molecular formula is C18H28N2O4S. The first-order valence-electron chi connectivity index (χ1n) is 8.98. The lowest BCUT2D eigenvalue weighted by atomic mass is 10.1. The van der Waals surface area contributed by atoms with Gasteiger partial charge in [-0.25, -0.2) is 8.42 Å². The molecule has 0 bridgehead atoms. The molecule has 1 aliphatic rings. The molecule has 6 nitrogen and oxygen atoms in total. The van der Waals surface area contributed by atoms with Crippen LogP contribution in [0.4, 0.5) is 0 Å². The maximum Gasteiger partial charge on any atom is 0.251 e. The molecule has 1 atom stereocenters. The van der Waals surface area contributed by atoms with Gasteiger partial charge in [-0.3, -0.25) is 4.79 Å². The van der Waals surface area contributed by atoms with Crippen molar-refractivity contribution in [2.24, 2.45) is 0 Å². The van der Waals surface area contributed by atoms with Crippen molar-refractivity contribution >= 4 is 15.9 Å². The van der Waals surface area contributed by atoms with Crippen molar-refractivity contribution < 1.29 is 17.9 Å². The molecule has 1 aromatic rings. The maximum absolute atomic E-state index is 12.9. The van der Waals surface area contributed by atoms with E-state index < -0.39 is 10.0 Å². The number of nitrogens with zero attached hydrogens (tertiary/aromatic N) is 1. The second-order valence-corrected chi connectivity index (χ2v) is 8.28. The summed E-state index contributed by atoms with van der Waals surface area (Å²) in [5.41, 5.74) is 0.337. The fraction of sp³-hybridized carbons (Fsp3) is 0.611. The van der Waals surface area contributed by atoms with E-state index >= 15 is 0 Å². The second kappa shape index (κ2) is 8.67. The van der Waals surface area contributed by atoms with Crippen molar-refractivity contribution in [3.05, 3.63) is 23.8 Å². The van der Waals surface area contributed by atoms with Crippen LogP contribution in [-0.4, -0.2) is 44.4 Å². The van der Waals surface area contributed by atoms with Gasteiger partial charge in [-0.15, -0.1) is 0 Å². The van der Waals surface area contributed by atoms with Crippen molar-refractivity contribution in [1.82, 2.24) is 9.62 Å². The predicted molar refractivity (Wildman–Crippen MR) is 97.4 cm³/mol. The number of carbonyl (C=O) groups is 1. The third kappa shape index (κ3) is 4.73. The third-order valence-electron chi connectivity index (χ3n) is 4.29. The number of benzene rings is 1. The molecule has 0 radical (unpaired) electrons. The highest BCUT2D eigenvalue weighted by Crippen LogP contribution is 2.30. The highest BCUT2D eigenvalue weighted by Gasteiger charge is 2.30. The Morgan fingerprint density at radius 2 is 1.96 bits per heavy atom. The van der Waals surface area contributed by atoms with Gasteiger partial charge in [0.15, 0.2) is 0 Å². The van der Waals surface area contributed by atoms with E-state index in [2.05, 4.69) is 12.2 Å². The SMILES string of the molecule is CCC[C@H](C)NC(=O)c1ccc(OCC)c(S(=O)(=O)N2CCCC2)c1. The molecule has 1 fully saturated rings. The summed E-state index contributed by atoms with van der Waals surface area (Å²) in [6.07, 6.45) is 3.57. The monoisotopic (exact) mass is 368 g/mol. The number of hydrogen-bond donors (Lipinski definition) is 1. The molecule has 1 heterocycles. The summed E-state index contributed by atoms with van der Waals surface area (Å²) in [5.74, 6) is 0.0365. The first kappa shape index (κ1) is 19.7. The van der Waals surface area contributed by atoms with Crippen molar-refractivity contribution in [3.63, 3.8) is 0 Å². The van der Waals surface area contributed by atoms with Gasteiger partial charge in [-0.2, -0.15) is 4.31 Å². The lowest BCUT2D eigenvalue weighted by Gasteiger charge is -2.19.